The molecule has 0 aliphatic heterocycles. The van der Waals surface area contributed by atoms with E-state index in [9.17, 15) is 13.6 Å². The Morgan fingerprint density at radius 2 is 2.25 bits per heavy atom. The summed E-state index contributed by atoms with van der Waals surface area (Å²) in [5.41, 5.74) is 0.308. The van der Waals surface area contributed by atoms with Gasteiger partial charge < -0.3 is 14.4 Å². The molecule has 1 heterocycles. The molecule has 0 radical (unpaired) electrons. The van der Waals surface area contributed by atoms with Gasteiger partial charge in [-0.1, -0.05) is 11.8 Å². The number of hydrogen-bond donors (Lipinski definition) is 1. The zero-order valence-electron chi connectivity index (χ0n) is 10.6. The van der Waals surface area contributed by atoms with Crippen molar-refractivity contribution < 1.29 is 23.4 Å². The van der Waals surface area contributed by atoms with Gasteiger partial charge in [0.2, 0.25) is 0 Å². The number of methoxy groups -OCH3 is 1. The van der Waals surface area contributed by atoms with E-state index in [1.807, 2.05) is 0 Å². The normalized spacial score (nSPS) is 11.2. The SMILES string of the molecule is COCCn1c(SCC(=O)O)nc2ccc(F)c(F)c21. The van der Waals surface area contributed by atoms with Gasteiger partial charge in [-0.05, 0) is 12.1 Å². The van der Waals surface area contributed by atoms with Crippen LogP contribution in [0.25, 0.3) is 11.0 Å². The first-order chi connectivity index (χ1) is 9.54. The predicted octanol–water partition coefficient (Wildman–Crippen LogP) is 2.14. The molecule has 0 aliphatic rings. The largest absolute Gasteiger partial charge is 0.481 e. The summed E-state index contributed by atoms with van der Waals surface area (Å²) >= 11 is 0.954. The topological polar surface area (TPSA) is 64.3 Å². The van der Waals surface area contributed by atoms with Crippen LogP contribution in [0.2, 0.25) is 0 Å². The summed E-state index contributed by atoms with van der Waals surface area (Å²) < 4.78 is 33.6. The molecule has 0 atom stereocenters. The van der Waals surface area contributed by atoms with Crippen molar-refractivity contribution in [1.82, 2.24) is 9.55 Å². The monoisotopic (exact) mass is 302 g/mol. The van der Waals surface area contributed by atoms with Gasteiger partial charge in [0.05, 0.1) is 17.9 Å². The fourth-order valence-corrected chi connectivity index (χ4v) is 2.52. The molecule has 1 N–H and O–H groups in total. The van der Waals surface area contributed by atoms with E-state index in [1.54, 1.807) is 0 Å². The molecule has 8 heteroatoms. The smallest absolute Gasteiger partial charge is 0.313 e. The zero-order valence-corrected chi connectivity index (χ0v) is 11.4. The summed E-state index contributed by atoms with van der Waals surface area (Å²) in [5, 5.41) is 9.02. The van der Waals surface area contributed by atoms with Crippen molar-refractivity contribution in [2.45, 2.75) is 11.7 Å². The van der Waals surface area contributed by atoms with E-state index >= 15 is 0 Å². The van der Waals surface area contributed by atoms with Crippen LogP contribution in [-0.4, -0.2) is 40.1 Å². The molecule has 0 bridgehead atoms. The molecule has 0 amide bonds. The fraction of sp³-hybridized carbons (Fsp3) is 0.333. The summed E-state index contributed by atoms with van der Waals surface area (Å²) in [4.78, 5) is 14.8. The molecule has 1 aromatic carbocycles. The maximum atomic E-state index is 13.9. The summed E-state index contributed by atoms with van der Waals surface area (Å²) in [7, 11) is 1.49. The standard InChI is InChI=1S/C12H12F2N2O3S/c1-19-5-4-16-11-8(3-2-7(13)10(11)14)15-12(16)20-6-9(17)18/h2-3H,4-6H2,1H3,(H,17,18). The number of imidazole rings is 1. The molecule has 0 aliphatic carbocycles. The Morgan fingerprint density at radius 3 is 2.90 bits per heavy atom. The third-order valence-corrected chi connectivity index (χ3v) is 3.57. The molecular weight excluding hydrogens is 290 g/mol. The summed E-state index contributed by atoms with van der Waals surface area (Å²) in [6, 6.07) is 2.36. The Labute approximate surface area is 117 Å². The second-order valence-electron chi connectivity index (χ2n) is 3.95. The number of fused-ring (bicyclic) bond motifs is 1. The number of carboxylic acid groups (broad SMARTS) is 1. The Morgan fingerprint density at radius 1 is 1.50 bits per heavy atom. The molecule has 0 spiro atoms. The minimum atomic E-state index is -1.01. The number of carboxylic acids is 1. The molecule has 20 heavy (non-hydrogen) atoms. The highest BCUT2D eigenvalue weighted by Crippen LogP contribution is 2.27. The van der Waals surface area contributed by atoms with Crippen LogP contribution < -0.4 is 0 Å². The molecule has 1 aromatic heterocycles. The van der Waals surface area contributed by atoms with Crippen LogP contribution in [0.3, 0.4) is 0 Å². The lowest BCUT2D eigenvalue weighted by Crippen LogP contribution is -2.08. The van der Waals surface area contributed by atoms with E-state index < -0.39 is 17.6 Å². The van der Waals surface area contributed by atoms with Gasteiger partial charge in [-0.2, -0.15) is 0 Å². The van der Waals surface area contributed by atoms with Gasteiger partial charge in [-0.15, -0.1) is 0 Å². The lowest BCUT2D eigenvalue weighted by molar-refractivity contribution is -0.133. The van der Waals surface area contributed by atoms with Gasteiger partial charge in [0.25, 0.3) is 0 Å². The molecule has 108 valence electrons. The number of hydrogen-bond acceptors (Lipinski definition) is 4. The first kappa shape index (κ1) is 14.7. The lowest BCUT2D eigenvalue weighted by atomic mass is 10.3. The number of thioether (sulfide) groups is 1. The molecule has 5 nitrogen and oxygen atoms in total. The maximum Gasteiger partial charge on any atom is 0.313 e. The molecule has 0 saturated heterocycles. The van der Waals surface area contributed by atoms with Crippen molar-refractivity contribution in [2.75, 3.05) is 19.5 Å². The number of aromatic nitrogens is 2. The van der Waals surface area contributed by atoms with E-state index in [2.05, 4.69) is 4.98 Å². The Hall–Kier alpha value is -1.67. The van der Waals surface area contributed by atoms with E-state index in [-0.39, 0.29) is 29.9 Å². The summed E-state index contributed by atoms with van der Waals surface area (Å²) in [6.45, 7) is 0.539. The fourth-order valence-electron chi connectivity index (χ4n) is 1.76. The van der Waals surface area contributed by atoms with Crippen molar-refractivity contribution in [3.8, 4) is 0 Å². The van der Waals surface area contributed by atoms with Crippen LogP contribution in [0, 0.1) is 11.6 Å². The second-order valence-corrected chi connectivity index (χ2v) is 4.89. The highest BCUT2D eigenvalue weighted by atomic mass is 32.2. The average Bonchev–Trinajstić information content (AvgIpc) is 2.77. The van der Waals surface area contributed by atoms with Crippen molar-refractivity contribution >= 4 is 28.8 Å². The quantitative estimate of drug-likeness (QED) is 0.828. The zero-order chi connectivity index (χ0) is 14.7. The third kappa shape index (κ3) is 2.91. The molecule has 2 rings (SSSR count). The van der Waals surface area contributed by atoms with Gasteiger partial charge in [-0.3, -0.25) is 4.79 Å². The summed E-state index contributed by atoms with van der Waals surface area (Å²) in [5.74, 6) is -3.17. The highest BCUT2D eigenvalue weighted by molar-refractivity contribution is 7.99. The van der Waals surface area contributed by atoms with E-state index in [1.165, 1.54) is 17.7 Å². The van der Waals surface area contributed by atoms with E-state index in [0.717, 1.165) is 17.8 Å². The number of nitrogens with zero attached hydrogens (tertiary/aromatic N) is 2. The Balaban J connectivity index is 2.49. The van der Waals surface area contributed by atoms with Crippen molar-refractivity contribution in [1.29, 1.82) is 0 Å². The minimum Gasteiger partial charge on any atom is -0.481 e. The first-order valence-corrected chi connectivity index (χ1v) is 6.71. The van der Waals surface area contributed by atoms with Crippen molar-refractivity contribution in [3.63, 3.8) is 0 Å². The van der Waals surface area contributed by atoms with Crippen LogP contribution in [0.15, 0.2) is 17.3 Å². The van der Waals surface area contributed by atoms with Crippen LogP contribution in [-0.2, 0) is 16.1 Å². The molecular formula is C12H12F2N2O3S. The second kappa shape index (κ2) is 6.19. The lowest BCUT2D eigenvalue weighted by Gasteiger charge is -2.08. The number of carbonyl (C=O) groups is 1. The van der Waals surface area contributed by atoms with Crippen molar-refractivity contribution in [2.24, 2.45) is 0 Å². The molecule has 2 aromatic rings. The molecule has 0 saturated carbocycles. The van der Waals surface area contributed by atoms with Gasteiger partial charge in [0.1, 0.15) is 5.52 Å². The number of ether oxygens (including phenoxy) is 1. The third-order valence-electron chi connectivity index (χ3n) is 2.61. The minimum absolute atomic E-state index is 0.0231. The van der Waals surface area contributed by atoms with Crippen LogP contribution in [0.5, 0.6) is 0 Å². The molecule has 0 fully saturated rings. The van der Waals surface area contributed by atoms with E-state index in [4.69, 9.17) is 9.84 Å². The maximum absolute atomic E-state index is 13.9. The van der Waals surface area contributed by atoms with Gasteiger partial charge in [0, 0.05) is 13.7 Å². The average molecular weight is 302 g/mol. The van der Waals surface area contributed by atoms with Gasteiger partial charge in [-0.25, -0.2) is 13.8 Å². The number of aliphatic carboxylic acids is 1. The Bertz CT molecular complexity index is 645. The van der Waals surface area contributed by atoms with Gasteiger partial charge in [0.15, 0.2) is 16.8 Å². The van der Waals surface area contributed by atoms with E-state index in [0.29, 0.717) is 5.16 Å². The highest BCUT2D eigenvalue weighted by Gasteiger charge is 2.18. The van der Waals surface area contributed by atoms with Crippen LogP contribution in [0.4, 0.5) is 8.78 Å². The van der Waals surface area contributed by atoms with Crippen molar-refractivity contribution in [3.05, 3.63) is 23.8 Å². The molecule has 0 unspecified atom stereocenters. The first-order valence-electron chi connectivity index (χ1n) is 5.72. The van der Waals surface area contributed by atoms with Gasteiger partial charge >= 0.3 is 5.97 Å². The van der Waals surface area contributed by atoms with Crippen LogP contribution >= 0.6 is 11.8 Å². The number of rotatable bonds is 6. The summed E-state index contributed by atoms with van der Waals surface area (Å²) in [6.07, 6.45) is 0. The number of benzene rings is 1. The Kier molecular flexibility index (Phi) is 4.56. The number of halogens is 2. The van der Waals surface area contributed by atoms with Crippen LogP contribution in [0.1, 0.15) is 0 Å². The predicted molar refractivity (Wildman–Crippen MR) is 69.9 cm³/mol.